The minimum atomic E-state index is 0.108. The van der Waals surface area contributed by atoms with Crippen molar-refractivity contribution in [3.63, 3.8) is 0 Å². The molecule has 0 saturated heterocycles. The van der Waals surface area contributed by atoms with E-state index in [4.69, 9.17) is 8.83 Å². The molecule has 12 bridgehead atoms. The van der Waals surface area contributed by atoms with Gasteiger partial charge in [0.1, 0.15) is 22.3 Å². The molecular formula is C144H115N3O2. The number of hydrogen-bond donors (Lipinski definition) is 0. The van der Waals surface area contributed by atoms with Gasteiger partial charge in [0.05, 0.1) is 11.4 Å². The fourth-order valence-electron chi connectivity index (χ4n) is 34.2. The summed E-state index contributed by atoms with van der Waals surface area (Å²) in [6, 6.07) is 165. The lowest BCUT2D eigenvalue weighted by atomic mass is 9.43. The zero-order chi connectivity index (χ0) is 97.5. The van der Waals surface area contributed by atoms with Gasteiger partial charge in [0.15, 0.2) is 0 Å². The van der Waals surface area contributed by atoms with E-state index < -0.39 is 0 Å². The third-order valence-electron chi connectivity index (χ3n) is 39.3. The van der Waals surface area contributed by atoms with Crippen LogP contribution < -0.4 is 14.7 Å². The lowest BCUT2D eigenvalue weighted by Gasteiger charge is -2.61. The quantitative estimate of drug-likeness (QED) is 0.114. The van der Waals surface area contributed by atoms with E-state index in [1.807, 2.05) is 12.1 Å². The normalized spacial score (nSPS) is 24.3. The molecule has 15 aliphatic carbocycles. The first kappa shape index (κ1) is 86.3. The minimum absolute atomic E-state index is 0.108. The molecule has 718 valence electrons. The molecule has 0 unspecified atom stereocenters. The summed E-state index contributed by atoms with van der Waals surface area (Å²) in [5, 5.41) is 12.3. The van der Waals surface area contributed by atoms with Crippen LogP contribution in [0.25, 0.3) is 143 Å². The topological polar surface area (TPSA) is 36.0 Å². The highest BCUT2D eigenvalue weighted by molar-refractivity contribution is 6.16. The fourth-order valence-corrected chi connectivity index (χ4v) is 34.2. The number of para-hydroxylation sites is 3. The molecule has 0 aliphatic heterocycles. The summed E-state index contributed by atoms with van der Waals surface area (Å²) in [7, 11) is 0. The van der Waals surface area contributed by atoms with Crippen molar-refractivity contribution in [3.05, 3.63) is 476 Å². The molecular weight excluding hydrogens is 1800 g/mol. The van der Waals surface area contributed by atoms with Gasteiger partial charge in [0.2, 0.25) is 0 Å². The second-order valence-electron chi connectivity index (χ2n) is 46.5. The predicted molar refractivity (Wildman–Crippen MR) is 617 cm³/mol. The summed E-state index contributed by atoms with van der Waals surface area (Å²) in [5.74, 6) is 10.0. The largest absolute Gasteiger partial charge is 0.456 e. The Kier molecular flexibility index (Phi) is 19.5. The first-order chi connectivity index (χ1) is 73.7. The van der Waals surface area contributed by atoms with Gasteiger partial charge in [-0.15, -0.1) is 0 Å². The molecule has 12 saturated carbocycles. The van der Waals surface area contributed by atoms with Gasteiger partial charge in [-0.3, -0.25) is 0 Å². The maximum absolute atomic E-state index is 6.29. The van der Waals surface area contributed by atoms with Gasteiger partial charge in [-0.2, -0.15) is 0 Å². The van der Waals surface area contributed by atoms with Crippen LogP contribution in [0.5, 0.6) is 0 Å². The summed E-state index contributed by atoms with van der Waals surface area (Å²) >= 11 is 0. The SMILES string of the molecule is c1ccc(-c2ccc(N(c3ccc(-c4ccc5c(c4)C4(c6ccccc6-5)C5CC6CC(C5)CC4C6)cc3)c3ccccc3-c3ccccc3)cc2)cc1.c1ccc2c(c1)-c1ccc(N(c3ccc4ccccc4c3)c3cc4ccccc4c4ccccc34)cc1C21C2CC3CC(C2)CC1C3.c1ccc2c(c1)-c1ccc(N(c3ccc4oc5ccccc5c4c3)c3ccc4oc5ccccc5c4c3)cc1C21C2CC3CC(C2)CC1C3. The average molecular weight is 1920 g/mol. The summed E-state index contributed by atoms with van der Waals surface area (Å²) < 4.78 is 12.6. The van der Waals surface area contributed by atoms with Crippen LogP contribution in [0.1, 0.15) is 130 Å². The Morgan fingerprint density at radius 3 is 0.973 bits per heavy atom. The molecule has 22 aromatic rings. The monoisotopic (exact) mass is 1920 g/mol. The molecule has 2 heterocycles. The summed E-state index contributed by atoms with van der Waals surface area (Å²) in [6.07, 6.45) is 21.2. The molecule has 0 amide bonds. The van der Waals surface area contributed by atoms with E-state index in [1.54, 1.807) is 33.4 Å². The molecule has 37 rings (SSSR count). The molecule has 20 aromatic carbocycles. The number of anilines is 9. The van der Waals surface area contributed by atoms with Crippen molar-refractivity contribution in [2.45, 2.75) is 113 Å². The van der Waals surface area contributed by atoms with Crippen LogP contribution in [-0.2, 0) is 16.2 Å². The molecule has 5 nitrogen and oxygen atoms in total. The van der Waals surface area contributed by atoms with Crippen molar-refractivity contribution < 1.29 is 8.83 Å². The maximum Gasteiger partial charge on any atom is 0.135 e. The highest BCUT2D eigenvalue weighted by atomic mass is 16.3. The summed E-state index contributed by atoms with van der Waals surface area (Å²) in [5.41, 5.74) is 40.7. The van der Waals surface area contributed by atoms with Gasteiger partial charge in [0.25, 0.3) is 0 Å². The molecule has 12 fully saturated rings. The lowest BCUT2D eigenvalue weighted by molar-refractivity contribution is -0.0399. The average Bonchev–Trinajstić information content (AvgIpc) is 1.54. The van der Waals surface area contributed by atoms with E-state index in [2.05, 4.69) is 445 Å². The van der Waals surface area contributed by atoms with Crippen LogP contribution in [0.4, 0.5) is 51.2 Å². The van der Waals surface area contributed by atoms with E-state index in [0.29, 0.717) is 0 Å². The second-order valence-corrected chi connectivity index (χ2v) is 46.5. The molecule has 5 heteroatoms. The molecule has 0 N–H and O–H groups in total. The first-order valence-corrected chi connectivity index (χ1v) is 55.5. The van der Waals surface area contributed by atoms with Crippen molar-refractivity contribution in [3.8, 4) is 66.8 Å². The summed E-state index contributed by atoms with van der Waals surface area (Å²) in [4.78, 5) is 7.45. The van der Waals surface area contributed by atoms with Crippen LogP contribution in [0.3, 0.4) is 0 Å². The molecule has 0 radical (unpaired) electrons. The second kappa shape index (κ2) is 33.6. The Labute approximate surface area is 871 Å². The van der Waals surface area contributed by atoms with Gasteiger partial charge < -0.3 is 23.5 Å². The number of hydrogen-bond acceptors (Lipinski definition) is 5. The van der Waals surface area contributed by atoms with Gasteiger partial charge in [0, 0.05) is 88.6 Å². The highest BCUT2D eigenvalue weighted by Crippen LogP contribution is 2.74. The van der Waals surface area contributed by atoms with Crippen molar-refractivity contribution in [1.82, 2.24) is 0 Å². The summed E-state index contributed by atoms with van der Waals surface area (Å²) in [6.45, 7) is 0. The van der Waals surface area contributed by atoms with Crippen molar-refractivity contribution in [2.24, 2.45) is 71.0 Å². The van der Waals surface area contributed by atoms with E-state index in [-0.39, 0.29) is 16.2 Å². The van der Waals surface area contributed by atoms with Crippen molar-refractivity contribution in [1.29, 1.82) is 0 Å². The Morgan fingerprint density at radius 1 is 0.161 bits per heavy atom. The van der Waals surface area contributed by atoms with E-state index >= 15 is 0 Å². The van der Waals surface area contributed by atoms with Crippen LogP contribution >= 0.6 is 0 Å². The smallest absolute Gasteiger partial charge is 0.135 e. The molecule has 0 atom stereocenters. The maximum atomic E-state index is 6.29. The van der Waals surface area contributed by atoms with Crippen LogP contribution in [-0.4, -0.2) is 0 Å². The van der Waals surface area contributed by atoms with Crippen LogP contribution in [0, 0.1) is 71.0 Å². The van der Waals surface area contributed by atoms with Gasteiger partial charge in [-0.1, -0.05) is 315 Å². The first-order valence-electron chi connectivity index (χ1n) is 55.5. The van der Waals surface area contributed by atoms with Crippen LogP contribution in [0.2, 0.25) is 0 Å². The van der Waals surface area contributed by atoms with Gasteiger partial charge in [-0.05, 0) is 416 Å². The van der Waals surface area contributed by atoms with Gasteiger partial charge in [-0.25, -0.2) is 0 Å². The Hall–Kier alpha value is -15.8. The van der Waals surface area contributed by atoms with Gasteiger partial charge >= 0.3 is 0 Å². The molecule has 15 aliphatic rings. The zero-order valence-electron chi connectivity index (χ0n) is 83.8. The number of benzene rings is 20. The lowest BCUT2D eigenvalue weighted by Crippen LogP contribution is -2.55. The number of furan rings is 2. The molecule has 3 spiro atoms. The third kappa shape index (κ3) is 13.1. The zero-order valence-corrected chi connectivity index (χ0v) is 83.8. The number of nitrogens with zero attached hydrogens (tertiary/aromatic N) is 3. The molecule has 2 aromatic heterocycles. The molecule has 149 heavy (non-hydrogen) atoms. The number of fused-ring (bicyclic) bond motifs is 19. The Bertz CT molecular complexity index is 8980. The Balaban J connectivity index is 0.0000000990. The predicted octanol–water partition coefficient (Wildman–Crippen LogP) is 38.9. The van der Waals surface area contributed by atoms with E-state index in [0.717, 1.165) is 143 Å². The van der Waals surface area contributed by atoms with E-state index in [1.165, 1.54) is 218 Å². The highest BCUT2D eigenvalue weighted by Gasteiger charge is 2.65. The third-order valence-corrected chi connectivity index (χ3v) is 39.3. The van der Waals surface area contributed by atoms with Crippen LogP contribution in [0.15, 0.2) is 452 Å². The van der Waals surface area contributed by atoms with E-state index in [9.17, 15) is 0 Å². The standard InChI is InChI=1S/C52H43N.C46H35NO2.C46H37N/c1-3-11-37(12-4-1)38-19-24-44(25-20-38)53(51-18-10-8-15-46(51)40-13-5-2-6-14-40)45-26-21-39(22-27-45)41-23-28-48-47-16-7-9-17-49(47)52(50(48)34-41)42-30-35-29-36(32-42)33-43(52)31-35;1-4-10-40-34(7-1)35-16-13-33(26-41(35)46(40)29-20-27-19-28(22-29)23-30(46)21-27)47(31-14-17-44-38(24-31)36-8-2-5-11-42(36)48-44)32-15-18-45-39(25-32)37-9-3-6-12-43(37)49-45;1-2-10-32-26-36(18-17-31(32)9-1)47(45-27-33-11-3-4-12-38(33)39-13-5-6-15-42(39)45)37-19-20-41-40-14-7-8-16-43(40)46(44(41)28-37)34-22-29-21-30(24-34)25-35(46)23-29/h1-28,34-36,42-43H,29-33H2;1-18,24-30H,19-23H2;1-20,26-30,34-35H,21-25H2. The van der Waals surface area contributed by atoms with Crippen molar-refractivity contribution in [2.75, 3.05) is 14.7 Å². The number of rotatable bonds is 12. The van der Waals surface area contributed by atoms with Crippen molar-refractivity contribution >= 4 is 127 Å². The fraction of sp³-hybridized carbons (Fsp3) is 0.208. The Morgan fingerprint density at radius 2 is 0.477 bits per heavy atom. The minimum Gasteiger partial charge on any atom is -0.456 e.